The van der Waals surface area contributed by atoms with Gasteiger partial charge in [0.25, 0.3) is 0 Å². The zero-order valence-electron chi connectivity index (χ0n) is 14.9. The van der Waals surface area contributed by atoms with Crippen molar-refractivity contribution in [3.63, 3.8) is 0 Å². The molecule has 0 unspecified atom stereocenters. The first kappa shape index (κ1) is 20.7. The number of aliphatic carboxylic acids is 1. The predicted molar refractivity (Wildman–Crippen MR) is 110 cm³/mol. The summed E-state index contributed by atoms with van der Waals surface area (Å²) in [7, 11) is 1.39. The minimum Gasteiger partial charge on any atom is -0.493 e. The molecular formula is C19H14BrClN2O6. The summed E-state index contributed by atoms with van der Waals surface area (Å²) in [5, 5.41) is 13.5. The summed E-state index contributed by atoms with van der Waals surface area (Å²) in [6.45, 7) is -0.562. The highest BCUT2D eigenvalue weighted by Gasteiger charge is 2.14. The molecule has 150 valence electrons. The second-order valence-corrected chi connectivity index (χ2v) is 7.03. The standard InChI is InChI=1S/C19H14BrClN2O6/c1-27-15-5-10(4-13(21)18(15)28-9-17(24)25)8-22-23-19(26)16-7-11-6-12(20)2-3-14(11)29-16/h2-8H,9H2,1H3,(H,23,26)(H,24,25)/b22-8-. The maximum atomic E-state index is 12.2. The highest BCUT2D eigenvalue weighted by Crippen LogP contribution is 2.36. The van der Waals surface area contributed by atoms with Crippen molar-refractivity contribution in [1.29, 1.82) is 0 Å². The lowest BCUT2D eigenvalue weighted by atomic mass is 10.2. The lowest BCUT2D eigenvalue weighted by Gasteiger charge is -2.11. The summed E-state index contributed by atoms with van der Waals surface area (Å²) in [6.07, 6.45) is 1.35. The first-order chi connectivity index (χ1) is 13.9. The molecule has 0 aliphatic carbocycles. The number of carbonyl (C=O) groups is 2. The molecule has 0 radical (unpaired) electrons. The molecule has 2 aromatic carbocycles. The summed E-state index contributed by atoms with van der Waals surface area (Å²) < 4.78 is 16.7. The summed E-state index contributed by atoms with van der Waals surface area (Å²) in [5.41, 5.74) is 3.45. The van der Waals surface area contributed by atoms with Crippen LogP contribution in [0.2, 0.25) is 5.02 Å². The van der Waals surface area contributed by atoms with Crippen LogP contribution < -0.4 is 14.9 Å². The van der Waals surface area contributed by atoms with Crippen LogP contribution in [0.25, 0.3) is 11.0 Å². The van der Waals surface area contributed by atoms with E-state index in [2.05, 4.69) is 26.5 Å². The minimum absolute atomic E-state index is 0.103. The van der Waals surface area contributed by atoms with Crippen molar-refractivity contribution in [2.45, 2.75) is 0 Å². The van der Waals surface area contributed by atoms with Gasteiger partial charge in [-0.1, -0.05) is 27.5 Å². The number of hydrogen-bond acceptors (Lipinski definition) is 6. The Labute approximate surface area is 178 Å². The van der Waals surface area contributed by atoms with Crippen molar-refractivity contribution in [3.8, 4) is 11.5 Å². The molecule has 0 saturated heterocycles. The molecule has 3 rings (SSSR count). The van der Waals surface area contributed by atoms with Gasteiger partial charge in [0.05, 0.1) is 18.3 Å². The third-order valence-electron chi connectivity index (χ3n) is 3.67. The van der Waals surface area contributed by atoms with Gasteiger partial charge < -0.3 is 19.0 Å². The smallest absolute Gasteiger partial charge is 0.341 e. The number of hydrazone groups is 1. The van der Waals surface area contributed by atoms with E-state index in [0.717, 1.165) is 9.86 Å². The highest BCUT2D eigenvalue weighted by atomic mass is 79.9. The molecule has 1 aromatic heterocycles. The normalized spacial score (nSPS) is 11.0. The van der Waals surface area contributed by atoms with E-state index in [9.17, 15) is 9.59 Å². The van der Waals surface area contributed by atoms with Gasteiger partial charge in [-0.05, 0) is 42.0 Å². The quantitative estimate of drug-likeness (QED) is 0.389. The van der Waals surface area contributed by atoms with Gasteiger partial charge in [-0.2, -0.15) is 5.10 Å². The Morgan fingerprint density at radius 1 is 1.31 bits per heavy atom. The van der Waals surface area contributed by atoms with Crippen LogP contribution >= 0.6 is 27.5 Å². The summed E-state index contributed by atoms with van der Waals surface area (Å²) >= 11 is 9.49. The van der Waals surface area contributed by atoms with Crippen LogP contribution in [-0.4, -0.2) is 36.9 Å². The number of carboxylic acid groups (broad SMARTS) is 1. The molecule has 0 bridgehead atoms. The maximum Gasteiger partial charge on any atom is 0.341 e. The van der Waals surface area contributed by atoms with Gasteiger partial charge in [-0.3, -0.25) is 4.79 Å². The van der Waals surface area contributed by atoms with Gasteiger partial charge in [-0.15, -0.1) is 0 Å². The van der Waals surface area contributed by atoms with E-state index >= 15 is 0 Å². The number of methoxy groups -OCH3 is 1. The third kappa shape index (κ3) is 5.07. The number of hydrogen-bond donors (Lipinski definition) is 2. The van der Waals surface area contributed by atoms with E-state index in [1.807, 2.05) is 12.1 Å². The first-order valence-corrected chi connectivity index (χ1v) is 9.29. The second kappa shape index (κ2) is 8.97. The molecule has 1 heterocycles. The van der Waals surface area contributed by atoms with E-state index in [1.54, 1.807) is 12.1 Å². The zero-order valence-corrected chi connectivity index (χ0v) is 17.3. The molecule has 0 aliphatic rings. The van der Waals surface area contributed by atoms with Crippen molar-refractivity contribution in [3.05, 3.63) is 57.2 Å². The van der Waals surface area contributed by atoms with Crippen molar-refractivity contribution < 1.29 is 28.6 Å². The van der Waals surface area contributed by atoms with Gasteiger partial charge in [0, 0.05) is 9.86 Å². The van der Waals surface area contributed by atoms with Crippen LogP contribution in [0, 0.1) is 0 Å². The molecule has 0 atom stereocenters. The number of nitrogens with zero attached hydrogens (tertiary/aromatic N) is 1. The van der Waals surface area contributed by atoms with Gasteiger partial charge in [0.2, 0.25) is 0 Å². The Bertz CT molecular complexity index is 1110. The largest absolute Gasteiger partial charge is 0.493 e. The predicted octanol–water partition coefficient (Wildman–Crippen LogP) is 4.08. The molecule has 0 spiro atoms. The molecule has 3 aromatic rings. The number of amides is 1. The maximum absolute atomic E-state index is 12.2. The fraction of sp³-hybridized carbons (Fsp3) is 0.105. The monoisotopic (exact) mass is 480 g/mol. The molecule has 2 N–H and O–H groups in total. The molecule has 0 aliphatic heterocycles. The van der Waals surface area contributed by atoms with Crippen molar-refractivity contribution in [2.75, 3.05) is 13.7 Å². The highest BCUT2D eigenvalue weighted by molar-refractivity contribution is 9.10. The van der Waals surface area contributed by atoms with E-state index in [1.165, 1.54) is 25.5 Å². The SMILES string of the molecule is COc1cc(/C=N\NC(=O)c2cc3cc(Br)ccc3o2)cc(Cl)c1OCC(=O)O. The summed E-state index contributed by atoms with van der Waals surface area (Å²) in [6, 6.07) is 10.0. The van der Waals surface area contributed by atoms with Crippen LogP contribution in [0.1, 0.15) is 16.1 Å². The zero-order chi connectivity index (χ0) is 21.0. The number of ether oxygens (including phenoxy) is 2. The average Bonchev–Trinajstić information content (AvgIpc) is 3.09. The number of halogens is 2. The number of fused-ring (bicyclic) bond motifs is 1. The number of carboxylic acids is 1. The molecule has 29 heavy (non-hydrogen) atoms. The molecule has 0 saturated carbocycles. The van der Waals surface area contributed by atoms with E-state index < -0.39 is 18.5 Å². The number of benzene rings is 2. The molecule has 10 heteroatoms. The Morgan fingerprint density at radius 3 is 2.83 bits per heavy atom. The Hall–Kier alpha value is -3.04. The average molecular weight is 482 g/mol. The minimum atomic E-state index is -1.14. The van der Waals surface area contributed by atoms with Gasteiger partial charge in [-0.25, -0.2) is 10.2 Å². The molecule has 8 nitrogen and oxygen atoms in total. The number of nitrogens with one attached hydrogen (secondary N) is 1. The number of furan rings is 1. The van der Waals surface area contributed by atoms with Crippen molar-refractivity contribution in [2.24, 2.45) is 5.10 Å². The van der Waals surface area contributed by atoms with Crippen molar-refractivity contribution >= 4 is 56.6 Å². The van der Waals surface area contributed by atoms with Crippen molar-refractivity contribution in [1.82, 2.24) is 5.43 Å². The van der Waals surface area contributed by atoms with E-state index in [0.29, 0.717) is 11.1 Å². The fourth-order valence-electron chi connectivity index (χ4n) is 2.43. The Kier molecular flexibility index (Phi) is 6.40. The fourth-order valence-corrected chi connectivity index (χ4v) is 3.09. The van der Waals surface area contributed by atoms with Gasteiger partial charge in [0.15, 0.2) is 23.9 Å². The van der Waals surface area contributed by atoms with Gasteiger partial charge in [0.1, 0.15) is 5.58 Å². The lowest BCUT2D eigenvalue weighted by Crippen LogP contribution is -2.16. The first-order valence-electron chi connectivity index (χ1n) is 8.12. The summed E-state index contributed by atoms with van der Waals surface area (Å²) in [5.74, 6) is -1.22. The Morgan fingerprint density at radius 2 is 2.10 bits per heavy atom. The van der Waals surface area contributed by atoms with Crippen LogP contribution in [-0.2, 0) is 4.79 Å². The number of rotatable bonds is 7. The topological polar surface area (TPSA) is 110 Å². The van der Waals surface area contributed by atoms with E-state index in [4.69, 9.17) is 30.6 Å². The van der Waals surface area contributed by atoms with Crippen LogP contribution in [0.4, 0.5) is 0 Å². The molecule has 1 amide bonds. The summed E-state index contributed by atoms with van der Waals surface area (Å²) in [4.78, 5) is 22.9. The lowest BCUT2D eigenvalue weighted by molar-refractivity contribution is -0.139. The van der Waals surface area contributed by atoms with Crippen LogP contribution in [0.3, 0.4) is 0 Å². The van der Waals surface area contributed by atoms with Crippen LogP contribution in [0.5, 0.6) is 11.5 Å². The van der Waals surface area contributed by atoms with Crippen LogP contribution in [0.15, 0.2) is 50.4 Å². The molecular weight excluding hydrogens is 468 g/mol. The Balaban J connectivity index is 1.72. The number of carbonyl (C=O) groups excluding carboxylic acids is 1. The third-order valence-corrected chi connectivity index (χ3v) is 4.45. The molecule has 0 fully saturated rings. The second-order valence-electron chi connectivity index (χ2n) is 5.71. The van der Waals surface area contributed by atoms with Gasteiger partial charge >= 0.3 is 11.9 Å². The van der Waals surface area contributed by atoms with E-state index in [-0.39, 0.29) is 22.3 Å².